The molecule has 0 fully saturated rings. The molecule has 0 saturated heterocycles. The van der Waals surface area contributed by atoms with E-state index in [1.165, 1.54) is 5.56 Å². The molecule has 0 bridgehead atoms. The van der Waals surface area contributed by atoms with Crippen molar-refractivity contribution in [3.05, 3.63) is 59.7 Å². The van der Waals surface area contributed by atoms with Crippen molar-refractivity contribution in [1.82, 2.24) is 0 Å². The lowest BCUT2D eigenvalue weighted by molar-refractivity contribution is 0.222. The van der Waals surface area contributed by atoms with E-state index in [-0.39, 0.29) is 0 Å². The maximum atomic E-state index is 5.53. The molecule has 0 spiro atoms. The van der Waals surface area contributed by atoms with Crippen LogP contribution in [0.2, 0.25) is 0 Å². The number of benzene rings is 1. The third-order valence-corrected chi connectivity index (χ3v) is 1.88. The molecule has 0 unspecified atom stereocenters. The molecule has 2 rings (SSSR count). The van der Waals surface area contributed by atoms with E-state index in [1.54, 1.807) is 0 Å². The first-order valence-corrected chi connectivity index (χ1v) is 4.33. The summed E-state index contributed by atoms with van der Waals surface area (Å²) < 4.78 is 5.53. The average molecular weight is 169 g/mol. The fraction of sp³-hybridized carbons (Fsp3) is 0.0909. The molecule has 1 heterocycles. The Balaban J connectivity index is 1.87. The molecule has 1 radical (unpaired) electrons. The molecule has 63 valence electrons. The van der Waals surface area contributed by atoms with Gasteiger partial charge >= 0.3 is 0 Å². The molecule has 1 aromatic carbocycles. The van der Waals surface area contributed by atoms with E-state index in [9.17, 15) is 0 Å². The van der Waals surface area contributed by atoms with Crippen LogP contribution in [0.5, 0.6) is 0 Å². The van der Waals surface area contributed by atoms with Crippen molar-refractivity contribution in [2.75, 3.05) is 0 Å². The zero-order chi connectivity index (χ0) is 8.93. The second-order valence-corrected chi connectivity index (χ2v) is 2.89. The number of hydrogen-bond donors (Lipinski definition) is 0. The van der Waals surface area contributed by atoms with E-state index in [0.717, 1.165) is 5.66 Å². The van der Waals surface area contributed by atoms with Crippen molar-refractivity contribution in [3.63, 3.8) is 0 Å². The van der Waals surface area contributed by atoms with E-state index in [4.69, 9.17) is 4.74 Å². The van der Waals surface area contributed by atoms with Gasteiger partial charge < -0.3 is 4.74 Å². The van der Waals surface area contributed by atoms with Crippen LogP contribution in [0.4, 0.5) is 0 Å². The van der Waals surface area contributed by atoms with Crippen LogP contribution in [-0.2, 0) is 11.3 Å². The minimum absolute atomic E-state index is 0.644. The first kappa shape index (κ1) is 8.18. The van der Waals surface area contributed by atoms with Gasteiger partial charge in [-0.1, -0.05) is 36.4 Å². The van der Waals surface area contributed by atoms with Crippen LogP contribution in [0, 0.1) is 0 Å². The summed E-state index contributed by atoms with van der Waals surface area (Å²) in [5.41, 5.74) is 2.13. The van der Waals surface area contributed by atoms with Crippen molar-refractivity contribution in [2.24, 2.45) is 0 Å². The molecule has 13 heavy (non-hydrogen) atoms. The molecule has 0 amide bonds. The van der Waals surface area contributed by atoms with Crippen LogP contribution in [0.3, 0.4) is 0 Å². The molecule has 1 aliphatic heterocycles. The first-order chi connectivity index (χ1) is 6.45. The summed E-state index contributed by atoms with van der Waals surface area (Å²) in [4.78, 5) is 0. The lowest BCUT2D eigenvalue weighted by Gasteiger charge is -2.05. The molecular weight excluding hydrogens is 159 g/mol. The summed E-state index contributed by atoms with van der Waals surface area (Å²) in [7, 11) is 1.96. The van der Waals surface area contributed by atoms with Crippen molar-refractivity contribution in [2.45, 2.75) is 6.61 Å². The number of hydrogen-bond acceptors (Lipinski definition) is 1. The van der Waals surface area contributed by atoms with Gasteiger partial charge in [0.25, 0.3) is 0 Å². The maximum Gasteiger partial charge on any atom is 0.230 e. The Bertz CT molecular complexity index is 327. The van der Waals surface area contributed by atoms with Crippen LogP contribution < -0.4 is 0 Å². The van der Waals surface area contributed by atoms with Gasteiger partial charge in [0, 0.05) is 0 Å². The molecule has 2 heteroatoms. The summed E-state index contributed by atoms with van der Waals surface area (Å²) in [6.07, 6.45) is 3.93. The van der Waals surface area contributed by atoms with Gasteiger partial charge in [-0.3, -0.25) is 0 Å². The lowest BCUT2D eigenvalue weighted by atomic mass is 9.80. The zero-order valence-corrected chi connectivity index (χ0v) is 7.31. The van der Waals surface area contributed by atoms with Gasteiger partial charge in [0.2, 0.25) is 7.28 Å². The molecule has 1 aromatic rings. The fourth-order valence-electron chi connectivity index (χ4n) is 1.19. The summed E-state index contributed by atoms with van der Waals surface area (Å²) >= 11 is 0. The minimum atomic E-state index is 0.644. The third kappa shape index (κ3) is 2.25. The maximum absolute atomic E-state index is 5.53. The van der Waals surface area contributed by atoms with E-state index in [1.807, 2.05) is 43.6 Å². The second kappa shape index (κ2) is 3.99. The predicted octanol–water partition coefficient (Wildman–Crippen LogP) is 2.28. The van der Waals surface area contributed by atoms with Crippen LogP contribution in [0.15, 0.2) is 54.1 Å². The quantitative estimate of drug-likeness (QED) is 0.630. The molecule has 0 aliphatic carbocycles. The Labute approximate surface area is 79.0 Å². The van der Waals surface area contributed by atoms with Crippen molar-refractivity contribution in [1.29, 1.82) is 0 Å². The van der Waals surface area contributed by atoms with Gasteiger partial charge in [-0.15, -0.1) is 5.98 Å². The standard InChI is InChI=1S/C11H10BO/c1-2-5-10(6-3-1)9-13-11-7-4-8-12-11/h1-8H,9H2. The highest BCUT2D eigenvalue weighted by Crippen LogP contribution is 2.08. The van der Waals surface area contributed by atoms with Gasteiger partial charge in [0.05, 0.1) is 5.66 Å². The highest BCUT2D eigenvalue weighted by molar-refractivity contribution is 6.51. The largest absolute Gasteiger partial charge is 0.504 e. The lowest BCUT2D eigenvalue weighted by Crippen LogP contribution is -1.96. The van der Waals surface area contributed by atoms with E-state index >= 15 is 0 Å². The van der Waals surface area contributed by atoms with Crippen LogP contribution >= 0.6 is 0 Å². The molecule has 1 nitrogen and oxygen atoms in total. The van der Waals surface area contributed by atoms with Crippen molar-refractivity contribution in [3.8, 4) is 0 Å². The smallest absolute Gasteiger partial charge is 0.230 e. The predicted molar refractivity (Wildman–Crippen MR) is 54.2 cm³/mol. The Morgan fingerprint density at radius 1 is 1.15 bits per heavy atom. The van der Waals surface area contributed by atoms with Crippen molar-refractivity contribution < 1.29 is 4.74 Å². The Hall–Kier alpha value is -1.44. The van der Waals surface area contributed by atoms with Gasteiger partial charge in [-0.2, -0.15) is 0 Å². The molecule has 1 aliphatic rings. The molecule has 0 saturated carbocycles. The number of allylic oxidation sites excluding steroid dienone is 2. The molecule has 0 N–H and O–H groups in total. The van der Waals surface area contributed by atoms with Crippen LogP contribution in [-0.4, -0.2) is 7.28 Å². The van der Waals surface area contributed by atoms with E-state index in [2.05, 4.69) is 12.1 Å². The zero-order valence-electron chi connectivity index (χ0n) is 7.31. The average Bonchev–Trinajstić information content (AvgIpc) is 2.69. The van der Waals surface area contributed by atoms with Gasteiger partial charge in [0.1, 0.15) is 6.61 Å². The Morgan fingerprint density at radius 3 is 2.69 bits per heavy atom. The monoisotopic (exact) mass is 169 g/mol. The molecular formula is C11H10BO. The first-order valence-electron chi connectivity index (χ1n) is 4.33. The second-order valence-electron chi connectivity index (χ2n) is 2.89. The fourth-order valence-corrected chi connectivity index (χ4v) is 1.19. The van der Waals surface area contributed by atoms with Gasteiger partial charge in [-0.25, -0.2) is 0 Å². The van der Waals surface area contributed by atoms with Crippen molar-refractivity contribution >= 4 is 7.28 Å². The SMILES string of the molecule is [B]1C=CC=C1OCc1ccccc1. The van der Waals surface area contributed by atoms with E-state index in [0.29, 0.717) is 6.61 Å². The van der Waals surface area contributed by atoms with Crippen LogP contribution in [0.1, 0.15) is 5.56 Å². The topological polar surface area (TPSA) is 9.23 Å². The van der Waals surface area contributed by atoms with Gasteiger partial charge in [-0.05, 0) is 11.6 Å². The Kier molecular flexibility index (Phi) is 2.51. The highest BCUT2D eigenvalue weighted by atomic mass is 16.5. The third-order valence-electron chi connectivity index (χ3n) is 1.88. The summed E-state index contributed by atoms with van der Waals surface area (Å²) in [5, 5.41) is 0. The minimum Gasteiger partial charge on any atom is -0.504 e. The Morgan fingerprint density at radius 2 is 2.00 bits per heavy atom. The summed E-state index contributed by atoms with van der Waals surface area (Å²) in [6.45, 7) is 0.644. The summed E-state index contributed by atoms with van der Waals surface area (Å²) in [6, 6.07) is 10.2. The molecule has 0 aromatic heterocycles. The van der Waals surface area contributed by atoms with Crippen LogP contribution in [0.25, 0.3) is 0 Å². The number of rotatable bonds is 3. The van der Waals surface area contributed by atoms with E-state index < -0.39 is 0 Å². The highest BCUT2D eigenvalue weighted by Gasteiger charge is 2.01. The normalized spacial score (nSPS) is 13.7. The van der Waals surface area contributed by atoms with Gasteiger partial charge in [0.15, 0.2) is 0 Å². The summed E-state index contributed by atoms with van der Waals surface area (Å²) in [5.74, 6) is 1.97. The number of ether oxygens (including phenoxy) is 1. The molecule has 0 atom stereocenters.